The lowest BCUT2D eigenvalue weighted by Gasteiger charge is -2.40. The normalized spacial score (nSPS) is 26.4. The summed E-state index contributed by atoms with van der Waals surface area (Å²) < 4.78 is 21.8. The smallest absolute Gasteiger partial charge is 0.257 e. The average molecular weight is 523 g/mol. The third-order valence-electron chi connectivity index (χ3n) is 7.00. The Labute approximate surface area is 211 Å². The van der Waals surface area contributed by atoms with Gasteiger partial charge in [0.2, 0.25) is 11.3 Å². The number of hydrogen-bond acceptors (Lipinski definition) is 9. The molecule has 0 aliphatic carbocycles. The first-order chi connectivity index (χ1) is 17.6. The Morgan fingerprint density at radius 3 is 2.41 bits per heavy atom. The van der Waals surface area contributed by atoms with Gasteiger partial charge in [-0.1, -0.05) is 0 Å². The second-order valence-electron chi connectivity index (χ2n) is 9.20. The second-order valence-corrected chi connectivity index (χ2v) is 9.20. The lowest BCUT2D eigenvalue weighted by molar-refractivity contribution is -0.252. The van der Waals surface area contributed by atoms with E-state index in [1.165, 1.54) is 13.1 Å². The Morgan fingerprint density at radius 1 is 1.14 bits per heavy atom. The zero-order valence-electron chi connectivity index (χ0n) is 20.5. The Hall–Kier alpha value is -3.10. The van der Waals surface area contributed by atoms with Crippen molar-refractivity contribution in [1.29, 1.82) is 0 Å². The van der Waals surface area contributed by atoms with Crippen LogP contribution in [0.25, 0.3) is 10.9 Å². The SMILES string of the molecule is CCn1cc(C(=O)N[C@H]2C(O)[C@@H](O)C(CO)O[C@H]2O)c(=O)c2cc(F)c(N3CCN(C(C)=O)CC3)cc21. The minimum atomic E-state index is -1.75. The van der Waals surface area contributed by atoms with Gasteiger partial charge in [0.15, 0.2) is 6.29 Å². The molecule has 12 nitrogen and oxygen atoms in total. The van der Waals surface area contributed by atoms with Crippen LogP contribution in [0, 0.1) is 5.82 Å². The maximum atomic E-state index is 15.2. The molecule has 2 fully saturated rings. The zero-order valence-corrected chi connectivity index (χ0v) is 20.5. The fourth-order valence-corrected chi connectivity index (χ4v) is 4.81. The van der Waals surface area contributed by atoms with Crippen molar-refractivity contribution in [1.82, 2.24) is 14.8 Å². The second kappa shape index (κ2) is 10.7. The van der Waals surface area contributed by atoms with Gasteiger partial charge >= 0.3 is 0 Å². The van der Waals surface area contributed by atoms with E-state index in [4.69, 9.17) is 4.74 Å². The number of aryl methyl sites for hydroxylation is 1. The number of piperazine rings is 1. The number of nitrogens with zero attached hydrogens (tertiary/aromatic N) is 3. The van der Waals surface area contributed by atoms with E-state index in [1.54, 1.807) is 27.4 Å². The van der Waals surface area contributed by atoms with Gasteiger partial charge in [-0.3, -0.25) is 14.4 Å². The molecule has 2 aliphatic rings. The topological polar surface area (TPSA) is 165 Å². The number of benzene rings is 1. The van der Waals surface area contributed by atoms with Gasteiger partial charge < -0.3 is 44.8 Å². The largest absolute Gasteiger partial charge is 0.394 e. The van der Waals surface area contributed by atoms with Crippen LogP contribution in [0.2, 0.25) is 0 Å². The number of rotatable bonds is 5. The third kappa shape index (κ3) is 5.05. The molecule has 37 heavy (non-hydrogen) atoms. The monoisotopic (exact) mass is 522 g/mol. The van der Waals surface area contributed by atoms with E-state index >= 15 is 4.39 Å². The molecule has 4 rings (SSSR count). The van der Waals surface area contributed by atoms with Crippen LogP contribution in [0.15, 0.2) is 23.1 Å². The van der Waals surface area contributed by atoms with Gasteiger partial charge in [-0.15, -0.1) is 0 Å². The molecule has 13 heteroatoms. The van der Waals surface area contributed by atoms with Crippen LogP contribution in [0.1, 0.15) is 24.2 Å². The molecule has 5 atom stereocenters. The Kier molecular flexibility index (Phi) is 7.80. The molecule has 0 spiro atoms. The summed E-state index contributed by atoms with van der Waals surface area (Å²) in [5.74, 6) is -1.65. The number of pyridine rings is 1. The predicted octanol–water partition coefficient (Wildman–Crippen LogP) is -1.64. The highest BCUT2D eigenvalue weighted by Crippen LogP contribution is 2.27. The van der Waals surface area contributed by atoms with Crippen LogP contribution < -0.4 is 15.6 Å². The summed E-state index contributed by atoms with van der Waals surface area (Å²) in [5, 5.41) is 42.0. The van der Waals surface area contributed by atoms with Gasteiger partial charge in [-0.05, 0) is 19.1 Å². The Balaban J connectivity index is 1.65. The van der Waals surface area contributed by atoms with E-state index in [0.717, 1.165) is 6.07 Å². The van der Waals surface area contributed by atoms with Crippen molar-refractivity contribution in [3.8, 4) is 0 Å². The summed E-state index contributed by atoms with van der Waals surface area (Å²) in [7, 11) is 0. The van der Waals surface area contributed by atoms with Crippen LogP contribution in [0.4, 0.5) is 10.1 Å². The van der Waals surface area contributed by atoms with Crippen molar-refractivity contribution in [2.75, 3.05) is 37.7 Å². The molecular weight excluding hydrogens is 491 g/mol. The molecular formula is C24H31FN4O8. The molecule has 2 aliphatic heterocycles. The highest BCUT2D eigenvalue weighted by Gasteiger charge is 2.44. The Bertz CT molecular complexity index is 1250. The number of amides is 2. The van der Waals surface area contributed by atoms with Crippen LogP contribution in [0.3, 0.4) is 0 Å². The van der Waals surface area contributed by atoms with Gasteiger partial charge in [-0.2, -0.15) is 0 Å². The van der Waals surface area contributed by atoms with Crippen LogP contribution in [-0.2, 0) is 16.1 Å². The van der Waals surface area contributed by atoms with Gasteiger partial charge in [0, 0.05) is 51.2 Å². The lowest BCUT2D eigenvalue weighted by atomic mass is 9.96. The van der Waals surface area contributed by atoms with Crippen molar-refractivity contribution in [2.24, 2.45) is 0 Å². The number of nitrogens with one attached hydrogen (secondary N) is 1. The first-order valence-corrected chi connectivity index (χ1v) is 12.1. The van der Waals surface area contributed by atoms with Crippen molar-refractivity contribution in [3.05, 3.63) is 39.9 Å². The minimum Gasteiger partial charge on any atom is -0.394 e. The first-order valence-electron chi connectivity index (χ1n) is 12.1. The molecule has 0 radical (unpaired) electrons. The van der Waals surface area contributed by atoms with E-state index < -0.39 is 54.4 Å². The van der Waals surface area contributed by atoms with Gasteiger partial charge in [0.1, 0.15) is 35.7 Å². The van der Waals surface area contributed by atoms with Crippen molar-refractivity contribution in [2.45, 2.75) is 51.0 Å². The number of carbonyl (C=O) groups is 2. The van der Waals surface area contributed by atoms with Crippen molar-refractivity contribution < 1.29 is 39.1 Å². The zero-order chi connectivity index (χ0) is 27.0. The first kappa shape index (κ1) is 26.9. The minimum absolute atomic E-state index is 0.0282. The molecule has 1 aromatic heterocycles. The standard InChI is InChI=1S/C24H31FN4O8/c1-3-27-10-14(23(35)26-19-22(34)21(33)18(11-30)37-24(19)36)20(32)13-8-15(25)17(9-16(13)27)29-6-4-28(5-7-29)12(2)31/h8-10,18-19,21-22,24,30,33-34,36H,3-7,11H2,1-2H3,(H,26,35)/t18?,19-,21-,22?,24+/m0/s1. The lowest BCUT2D eigenvalue weighted by Crippen LogP contribution is -2.64. The highest BCUT2D eigenvalue weighted by atomic mass is 19.1. The van der Waals surface area contributed by atoms with E-state index in [-0.39, 0.29) is 22.5 Å². The summed E-state index contributed by atoms with van der Waals surface area (Å²) in [5.41, 5.74) is -0.405. The highest BCUT2D eigenvalue weighted by molar-refractivity contribution is 5.98. The molecule has 2 amide bonds. The summed E-state index contributed by atoms with van der Waals surface area (Å²) in [6.07, 6.45) is -4.96. The average Bonchev–Trinajstić information content (AvgIpc) is 2.88. The van der Waals surface area contributed by atoms with Crippen LogP contribution >= 0.6 is 0 Å². The molecule has 0 bridgehead atoms. The van der Waals surface area contributed by atoms with Crippen LogP contribution in [-0.4, -0.2) is 105 Å². The molecule has 0 saturated carbocycles. The van der Waals surface area contributed by atoms with Gasteiger partial charge in [-0.25, -0.2) is 4.39 Å². The summed E-state index contributed by atoms with van der Waals surface area (Å²) in [6.45, 7) is 4.69. The van der Waals surface area contributed by atoms with E-state index in [1.807, 2.05) is 0 Å². The number of ether oxygens (including phenoxy) is 1. The number of aromatic nitrogens is 1. The summed E-state index contributed by atoms with van der Waals surface area (Å²) in [4.78, 5) is 41.3. The quantitative estimate of drug-likeness (QED) is 0.310. The number of anilines is 1. The van der Waals surface area contributed by atoms with E-state index in [2.05, 4.69) is 5.32 Å². The summed E-state index contributed by atoms with van der Waals surface area (Å²) in [6, 6.07) is 1.15. The van der Waals surface area contributed by atoms with Crippen molar-refractivity contribution >= 4 is 28.4 Å². The molecule has 2 saturated heterocycles. The number of aliphatic hydroxyl groups excluding tert-OH is 4. The summed E-state index contributed by atoms with van der Waals surface area (Å²) >= 11 is 0. The molecule has 5 N–H and O–H groups in total. The van der Waals surface area contributed by atoms with Gasteiger partial charge in [0.25, 0.3) is 5.91 Å². The van der Waals surface area contributed by atoms with Crippen molar-refractivity contribution in [3.63, 3.8) is 0 Å². The fourth-order valence-electron chi connectivity index (χ4n) is 4.81. The predicted molar refractivity (Wildman–Crippen MR) is 130 cm³/mol. The van der Waals surface area contributed by atoms with Gasteiger partial charge in [0.05, 0.1) is 17.8 Å². The third-order valence-corrected chi connectivity index (χ3v) is 7.00. The number of hydrogen-bond donors (Lipinski definition) is 5. The maximum Gasteiger partial charge on any atom is 0.257 e. The molecule has 3 heterocycles. The fraction of sp³-hybridized carbons (Fsp3) is 0.542. The van der Waals surface area contributed by atoms with E-state index in [0.29, 0.717) is 38.2 Å². The van der Waals surface area contributed by atoms with E-state index in [9.17, 15) is 34.8 Å². The Morgan fingerprint density at radius 2 is 1.81 bits per heavy atom. The number of fused-ring (bicyclic) bond motifs is 1. The van der Waals surface area contributed by atoms with Crippen LogP contribution in [0.5, 0.6) is 0 Å². The molecule has 202 valence electrons. The molecule has 2 aromatic rings. The number of aliphatic hydroxyl groups is 4. The molecule has 1 aromatic carbocycles. The molecule has 2 unspecified atom stereocenters. The maximum absolute atomic E-state index is 15.2. The number of carbonyl (C=O) groups excluding carboxylic acids is 2. The number of halogens is 1.